The molecular formula is C30H30F3N5O5S. The molecule has 0 atom stereocenters. The Kier molecular flexibility index (Phi) is 9.30. The number of anilines is 1. The Hall–Kier alpha value is -4.30. The first kappa shape index (κ1) is 31.1. The van der Waals surface area contributed by atoms with Crippen LogP contribution in [0.25, 0.3) is 32.6 Å². The van der Waals surface area contributed by atoms with Gasteiger partial charge in [0, 0.05) is 60.6 Å². The molecule has 5 rings (SSSR count). The van der Waals surface area contributed by atoms with Crippen LogP contribution in [-0.4, -0.2) is 52.9 Å². The number of esters is 1. The molecule has 0 saturated carbocycles. The van der Waals surface area contributed by atoms with Crippen molar-refractivity contribution in [3.63, 3.8) is 0 Å². The van der Waals surface area contributed by atoms with Crippen LogP contribution in [0.2, 0.25) is 0 Å². The second-order valence-corrected chi connectivity index (χ2v) is 11.0. The van der Waals surface area contributed by atoms with Crippen molar-refractivity contribution in [1.82, 2.24) is 19.9 Å². The number of nitrogens with one attached hydrogen (secondary N) is 2. The van der Waals surface area contributed by atoms with Gasteiger partial charge in [0.25, 0.3) is 0 Å². The molecule has 1 fully saturated rings. The largest absolute Gasteiger partial charge is 0.462 e. The number of carbonyl (C=O) groups excluding carboxylic acids is 2. The molecule has 3 aromatic heterocycles. The zero-order chi connectivity index (χ0) is 31.4. The first-order valence-electron chi connectivity index (χ1n) is 14.1. The molecule has 44 heavy (non-hydrogen) atoms. The molecule has 4 heterocycles. The van der Waals surface area contributed by atoms with Crippen LogP contribution in [0.3, 0.4) is 0 Å². The highest BCUT2D eigenvalue weighted by Crippen LogP contribution is 2.39. The average molecular weight is 630 g/mol. The van der Waals surface area contributed by atoms with E-state index >= 15 is 0 Å². The van der Waals surface area contributed by atoms with Gasteiger partial charge in [0.05, 0.1) is 12.1 Å². The van der Waals surface area contributed by atoms with Gasteiger partial charge in [-0.05, 0) is 56.4 Å². The Morgan fingerprint density at radius 1 is 1.16 bits per heavy atom. The third kappa shape index (κ3) is 6.76. The van der Waals surface area contributed by atoms with Crippen molar-refractivity contribution in [2.24, 2.45) is 5.92 Å². The lowest BCUT2D eigenvalue weighted by molar-refractivity contribution is -0.140. The van der Waals surface area contributed by atoms with Crippen LogP contribution in [-0.2, 0) is 22.2 Å². The summed E-state index contributed by atoms with van der Waals surface area (Å²) in [6.45, 7) is 5.65. The van der Waals surface area contributed by atoms with Crippen molar-refractivity contribution in [3.05, 3.63) is 63.5 Å². The summed E-state index contributed by atoms with van der Waals surface area (Å²) in [5, 5.41) is 6.34. The molecule has 0 spiro atoms. The Balaban J connectivity index is 1.66. The Labute approximate surface area is 254 Å². The number of hydrogen-bond acceptors (Lipinski definition) is 8. The zero-order valence-corrected chi connectivity index (χ0v) is 24.8. The lowest BCUT2D eigenvalue weighted by Gasteiger charge is -2.24. The fraction of sp³-hybridized carbons (Fsp3) is 0.367. The van der Waals surface area contributed by atoms with E-state index in [1.807, 2.05) is 4.57 Å². The number of rotatable bonds is 8. The maximum absolute atomic E-state index is 13.6. The van der Waals surface area contributed by atoms with Crippen molar-refractivity contribution >= 4 is 40.1 Å². The molecule has 1 saturated heterocycles. The number of fused-ring (bicyclic) bond motifs is 1. The second-order valence-electron chi connectivity index (χ2n) is 10.2. The fourth-order valence-corrected chi connectivity index (χ4v) is 5.91. The lowest BCUT2D eigenvalue weighted by atomic mass is 9.97. The summed E-state index contributed by atoms with van der Waals surface area (Å²) in [6.07, 6.45) is -0.0466. The number of amides is 2. The Morgan fingerprint density at radius 2 is 1.93 bits per heavy atom. The molecule has 1 aromatic carbocycles. The number of halogens is 3. The standard InChI is InChI=1S/C30H30F3N5O5S/c1-3-34-29(41)37-25-12-19(27-36-24(16-44-27)30(31,32)33)21(13-35-25)18-5-6-23-20(11-18)26(39)22(28(40)43-4-2)15-38(23)14-17-7-9-42-10-8-17/h5-6,11-13,15-17H,3-4,7-10,14H2,1-2H3,(H2,34,35,37,41). The summed E-state index contributed by atoms with van der Waals surface area (Å²) < 4.78 is 52.9. The summed E-state index contributed by atoms with van der Waals surface area (Å²) in [7, 11) is 0. The smallest absolute Gasteiger partial charge is 0.434 e. The minimum absolute atomic E-state index is 0.0472. The Morgan fingerprint density at radius 3 is 2.61 bits per heavy atom. The molecule has 14 heteroatoms. The predicted molar refractivity (Wildman–Crippen MR) is 160 cm³/mol. The molecule has 4 aromatic rings. The topological polar surface area (TPSA) is 124 Å². The van der Waals surface area contributed by atoms with E-state index in [4.69, 9.17) is 9.47 Å². The number of ether oxygens (including phenoxy) is 2. The zero-order valence-electron chi connectivity index (χ0n) is 24.0. The number of hydrogen-bond donors (Lipinski definition) is 2. The third-order valence-electron chi connectivity index (χ3n) is 7.19. The lowest BCUT2D eigenvalue weighted by Crippen LogP contribution is -2.28. The van der Waals surface area contributed by atoms with Crippen LogP contribution in [0.5, 0.6) is 0 Å². The number of thiazole rings is 1. The van der Waals surface area contributed by atoms with E-state index in [0.29, 0.717) is 42.9 Å². The van der Waals surface area contributed by atoms with Gasteiger partial charge < -0.3 is 19.4 Å². The number of urea groups is 1. The van der Waals surface area contributed by atoms with E-state index < -0.39 is 29.3 Å². The van der Waals surface area contributed by atoms with E-state index in [2.05, 4.69) is 20.6 Å². The molecule has 10 nitrogen and oxygen atoms in total. The first-order valence-corrected chi connectivity index (χ1v) is 15.0. The molecule has 0 radical (unpaired) electrons. The highest BCUT2D eigenvalue weighted by atomic mass is 32.1. The number of carbonyl (C=O) groups is 2. The number of nitrogens with zero attached hydrogens (tertiary/aromatic N) is 3. The van der Waals surface area contributed by atoms with Gasteiger partial charge in [-0.1, -0.05) is 6.07 Å². The first-order chi connectivity index (χ1) is 21.1. The molecule has 2 amide bonds. The van der Waals surface area contributed by atoms with Crippen molar-refractivity contribution in [2.75, 3.05) is 31.7 Å². The van der Waals surface area contributed by atoms with Gasteiger partial charge in [0.2, 0.25) is 5.43 Å². The van der Waals surface area contributed by atoms with Gasteiger partial charge in [-0.2, -0.15) is 13.2 Å². The normalized spacial score (nSPS) is 14.0. The highest BCUT2D eigenvalue weighted by molar-refractivity contribution is 7.13. The SMILES string of the molecule is CCNC(=O)Nc1cc(-c2nc(C(F)(F)F)cs2)c(-c2ccc3c(c2)c(=O)c(C(=O)OCC)cn3CC2CCOCC2)cn1. The fourth-order valence-electron chi connectivity index (χ4n) is 5.06. The van der Waals surface area contributed by atoms with Crippen LogP contribution >= 0.6 is 11.3 Å². The number of aromatic nitrogens is 3. The number of benzene rings is 1. The third-order valence-corrected chi connectivity index (χ3v) is 8.07. The van der Waals surface area contributed by atoms with Crippen molar-refractivity contribution in [3.8, 4) is 21.7 Å². The monoisotopic (exact) mass is 629 g/mol. The van der Waals surface area contributed by atoms with Gasteiger partial charge >= 0.3 is 18.2 Å². The van der Waals surface area contributed by atoms with Crippen molar-refractivity contribution in [2.45, 2.75) is 39.4 Å². The number of pyridine rings is 2. The molecule has 0 bridgehead atoms. The quantitative estimate of drug-likeness (QED) is 0.231. The number of alkyl halides is 3. The van der Waals surface area contributed by atoms with Crippen molar-refractivity contribution < 1.29 is 32.2 Å². The van der Waals surface area contributed by atoms with Crippen LogP contribution < -0.4 is 16.1 Å². The maximum Gasteiger partial charge on any atom is 0.434 e. The maximum atomic E-state index is 13.6. The van der Waals surface area contributed by atoms with Crippen LogP contribution in [0.15, 0.2) is 46.8 Å². The highest BCUT2D eigenvalue weighted by Gasteiger charge is 2.34. The molecule has 0 aliphatic carbocycles. The van der Waals surface area contributed by atoms with Gasteiger partial charge in [0.15, 0.2) is 5.69 Å². The average Bonchev–Trinajstić information content (AvgIpc) is 3.50. The molecule has 0 unspecified atom stereocenters. The molecule has 232 valence electrons. The van der Waals surface area contributed by atoms with Crippen molar-refractivity contribution in [1.29, 1.82) is 0 Å². The van der Waals surface area contributed by atoms with Gasteiger partial charge in [-0.15, -0.1) is 11.3 Å². The van der Waals surface area contributed by atoms with Crippen LogP contribution in [0, 0.1) is 5.92 Å². The van der Waals surface area contributed by atoms with Gasteiger partial charge in [-0.3, -0.25) is 10.1 Å². The minimum atomic E-state index is -4.65. The summed E-state index contributed by atoms with van der Waals surface area (Å²) in [5.74, 6) is -0.364. The summed E-state index contributed by atoms with van der Waals surface area (Å²) >= 11 is 0.792. The molecule has 2 N–H and O–H groups in total. The van der Waals surface area contributed by atoms with E-state index in [-0.39, 0.29) is 39.9 Å². The molecule has 1 aliphatic rings. The van der Waals surface area contributed by atoms with E-state index in [1.165, 1.54) is 18.5 Å². The molecule has 1 aliphatic heterocycles. The van der Waals surface area contributed by atoms with Crippen LogP contribution in [0.4, 0.5) is 23.8 Å². The van der Waals surface area contributed by atoms with Crippen LogP contribution in [0.1, 0.15) is 42.7 Å². The summed E-state index contributed by atoms with van der Waals surface area (Å²) in [4.78, 5) is 46.7. The second kappa shape index (κ2) is 13.1. The van der Waals surface area contributed by atoms with Gasteiger partial charge in [-0.25, -0.2) is 19.6 Å². The molecular weight excluding hydrogens is 599 g/mol. The summed E-state index contributed by atoms with van der Waals surface area (Å²) in [6, 6.07) is 5.98. The van der Waals surface area contributed by atoms with E-state index in [0.717, 1.165) is 29.6 Å². The van der Waals surface area contributed by atoms with E-state index in [9.17, 15) is 27.6 Å². The predicted octanol–water partition coefficient (Wildman–Crippen LogP) is 5.95. The van der Waals surface area contributed by atoms with E-state index in [1.54, 1.807) is 32.0 Å². The minimum Gasteiger partial charge on any atom is -0.462 e. The van der Waals surface area contributed by atoms with Gasteiger partial charge in [0.1, 0.15) is 16.4 Å². The summed E-state index contributed by atoms with van der Waals surface area (Å²) in [5.41, 5.74) is 0.0235. The Bertz CT molecular complexity index is 1750.